The lowest BCUT2D eigenvalue weighted by Crippen LogP contribution is -2.55. The second-order valence-electron chi connectivity index (χ2n) is 4.88. The lowest BCUT2D eigenvalue weighted by atomic mass is 9.84. The molecule has 5 nitrogen and oxygen atoms in total. The van der Waals surface area contributed by atoms with Crippen LogP contribution in [-0.2, 0) is 22.9 Å². The smallest absolute Gasteiger partial charge is 0.110 e. The summed E-state index contributed by atoms with van der Waals surface area (Å²) in [6.45, 7) is 1.54. The van der Waals surface area contributed by atoms with Gasteiger partial charge in [0.1, 0.15) is 5.82 Å². The van der Waals surface area contributed by atoms with E-state index in [2.05, 4.69) is 14.9 Å². The van der Waals surface area contributed by atoms with Crippen LogP contribution in [0.15, 0.2) is 12.4 Å². The summed E-state index contributed by atoms with van der Waals surface area (Å²) in [5.41, 5.74) is -0.140. The van der Waals surface area contributed by atoms with Crippen molar-refractivity contribution >= 4 is 0 Å². The molecule has 1 atom stereocenters. The van der Waals surface area contributed by atoms with Crippen LogP contribution in [0.3, 0.4) is 0 Å². The van der Waals surface area contributed by atoms with Gasteiger partial charge in [-0.15, -0.1) is 0 Å². The number of nitrogens with zero attached hydrogens (tertiary/aromatic N) is 2. The third-order valence-corrected chi connectivity index (χ3v) is 4.04. The minimum Gasteiger partial charge on any atom is -0.381 e. The molecule has 0 aromatic carbocycles. The fourth-order valence-electron chi connectivity index (χ4n) is 2.74. The van der Waals surface area contributed by atoms with Gasteiger partial charge >= 0.3 is 0 Å². The lowest BCUT2D eigenvalue weighted by molar-refractivity contribution is -0.109. The van der Waals surface area contributed by atoms with Crippen molar-refractivity contribution in [1.82, 2.24) is 14.9 Å². The van der Waals surface area contributed by atoms with Crippen LogP contribution < -0.4 is 5.32 Å². The number of nitrogens with one attached hydrogen (secondary N) is 1. The average Bonchev–Trinajstić information content (AvgIpc) is 2.82. The van der Waals surface area contributed by atoms with Gasteiger partial charge in [0.05, 0.1) is 5.60 Å². The van der Waals surface area contributed by atoms with Crippen LogP contribution in [0.1, 0.15) is 18.7 Å². The Bertz CT molecular complexity index is 372. The van der Waals surface area contributed by atoms with E-state index in [4.69, 9.17) is 9.47 Å². The monoisotopic (exact) mass is 253 g/mol. The molecule has 0 aliphatic carbocycles. The van der Waals surface area contributed by atoms with E-state index < -0.39 is 0 Å². The second kappa shape index (κ2) is 5.82. The van der Waals surface area contributed by atoms with Gasteiger partial charge in [-0.3, -0.25) is 0 Å². The van der Waals surface area contributed by atoms with Gasteiger partial charge in [-0.25, -0.2) is 4.98 Å². The standard InChI is InChI=1S/C13H23N3O2/c1-14-11(10-12-15-6-7-16(12)2)13(17-3)4-8-18-9-5-13/h6-7,11,14H,4-5,8-10H2,1-3H3. The van der Waals surface area contributed by atoms with Gasteiger partial charge in [0.15, 0.2) is 0 Å². The molecule has 1 aromatic heterocycles. The molecule has 2 heterocycles. The molecule has 5 heteroatoms. The molecular weight excluding hydrogens is 230 g/mol. The average molecular weight is 253 g/mol. The van der Waals surface area contributed by atoms with E-state index in [1.807, 2.05) is 26.5 Å². The summed E-state index contributed by atoms with van der Waals surface area (Å²) >= 11 is 0. The van der Waals surface area contributed by atoms with Crippen LogP contribution in [0.5, 0.6) is 0 Å². The van der Waals surface area contributed by atoms with E-state index in [1.54, 1.807) is 7.11 Å². The van der Waals surface area contributed by atoms with Gasteiger partial charge in [0, 0.05) is 65.1 Å². The fraction of sp³-hybridized carbons (Fsp3) is 0.769. The topological polar surface area (TPSA) is 48.3 Å². The quantitative estimate of drug-likeness (QED) is 0.841. The number of likely N-dealkylation sites (N-methyl/N-ethyl adjacent to an activating group) is 1. The molecule has 0 saturated carbocycles. The number of imidazole rings is 1. The Labute approximate surface area is 108 Å². The van der Waals surface area contributed by atoms with Crippen molar-refractivity contribution in [3.05, 3.63) is 18.2 Å². The van der Waals surface area contributed by atoms with Crippen molar-refractivity contribution in [1.29, 1.82) is 0 Å². The Kier molecular flexibility index (Phi) is 4.37. The van der Waals surface area contributed by atoms with E-state index in [0.717, 1.165) is 38.3 Å². The molecule has 18 heavy (non-hydrogen) atoms. The first-order valence-corrected chi connectivity index (χ1v) is 6.48. The van der Waals surface area contributed by atoms with Crippen molar-refractivity contribution in [3.8, 4) is 0 Å². The highest BCUT2D eigenvalue weighted by atomic mass is 16.5. The summed E-state index contributed by atoms with van der Waals surface area (Å²) in [7, 11) is 5.82. The molecule has 1 fully saturated rings. The predicted octanol–water partition coefficient (Wildman–Crippen LogP) is 0.746. The number of rotatable bonds is 5. The van der Waals surface area contributed by atoms with Crippen molar-refractivity contribution in [2.75, 3.05) is 27.4 Å². The van der Waals surface area contributed by atoms with Gasteiger partial charge in [0.25, 0.3) is 0 Å². The molecule has 1 unspecified atom stereocenters. The molecule has 2 rings (SSSR count). The maximum Gasteiger partial charge on any atom is 0.110 e. The second-order valence-corrected chi connectivity index (χ2v) is 4.88. The molecule has 102 valence electrons. The first-order chi connectivity index (χ1) is 8.72. The molecule has 0 bridgehead atoms. The number of aryl methyl sites for hydroxylation is 1. The van der Waals surface area contributed by atoms with Gasteiger partial charge in [-0.1, -0.05) is 0 Å². The summed E-state index contributed by atoms with van der Waals surface area (Å²) in [5.74, 6) is 1.08. The zero-order chi connectivity index (χ0) is 13.0. The van der Waals surface area contributed by atoms with Crippen LogP contribution in [0, 0.1) is 0 Å². The Morgan fingerprint density at radius 1 is 1.56 bits per heavy atom. The van der Waals surface area contributed by atoms with Gasteiger partial charge in [-0.05, 0) is 7.05 Å². The molecule has 1 N–H and O–H groups in total. The van der Waals surface area contributed by atoms with E-state index in [0.29, 0.717) is 0 Å². The Morgan fingerprint density at radius 2 is 2.28 bits per heavy atom. The van der Waals surface area contributed by atoms with Crippen LogP contribution in [0.2, 0.25) is 0 Å². The molecule has 1 aromatic rings. The molecule has 1 aliphatic rings. The highest BCUT2D eigenvalue weighted by molar-refractivity contribution is 5.02. The Morgan fingerprint density at radius 3 is 2.78 bits per heavy atom. The SMILES string of the molecule is CNC(Cc1nccn1C)C1(OC)CCOCC1. The minimum absolute atomic E-state index is 0.140. The molecule has 0 amide bonds. The van der Waals surface area contributed by atoms with Crippen LogP contribution in [0.4, 0.5) is 0 Å². The van der Waals surface area contributed by atoms with Crippen LogP contribution in [0.25, 0.3) is 0 Å². The van der Waals surface area contributed by atoms with Gasteiger partial charge < -0.3 is 19.4 Å². The van der Waals surface area contributed by atoms with Crippen molar-refractivity contribution in [2.45, 2.75) is 30.9 Å². The maximum atomic E-state index is 5.84. The maximum absolute atomic E-state index is 5.84. The van der Waals surface area contributed by atoms with E-state index in [1.165, 1.54) is 0 Å². The zero-order valence-electron chi connectivity index (χ0n) is 11.5. The summed E-state index contributed by atoms with van der Waals surface area (Å²) in [6, 6.07) is 0.257. The number of aromatic nitrogens is 2. The number of methoxy groups -OCH3 is 1. The Hall–Kier alpha value is -0.910. The van der Waals surface area contributed by atoms with E-state index >= 15 is 0 Å². The summed E-state index contributed by atoms with van der Waals surface area (Å²) < 4.78 is 13.4. The van der Waals surface area contributed by atoms with Crippen molar-refractivity contribution in [3.63, 3.8) is 0 Å². The molecular formula is C13H23N3O2. The van der Waals surface area contributed by atoms with Crippen LogP contribution in [-0.4, -0.2) is 48.6 Å². The van der Waals surface area contributed by atoms with E-state index in [-0.39, 0.29) is 11.6 Å². The van der Waals surface area contributed by atoms with Gasteiger partial charge in [0.2, 0.25) is 0 Å². The highest BCUT2D eigenvalue weighted by Gasteiger charge is 2.40. The third-order valence-electron chi connectivity index (χ3n) is 4.04. The number of hydrogen-bond donors (Lipinski definition) is 1. The number of ether oxygens (including phenoxy) is 2. The first kappa shape index (κ1) is 13.5. The summed E-state index contributed by atoms with van der Waals surface area (Å²) in [6.07, 6.45) is 6.55. The normalized spacial score (nSPS) is 20.8. The largest absolute Gasteiger partial charge is 0.381 e. The summed E-state index contributed by atoms with van der Waals surface area (Å²) in [5, 5.41) is 3.40. The summed E-state index contributed by atoms with van der Waals surface area (Å²) in [4.78, 5) is 4.40. The predicted molar refractivity (Wildman–Crippen MR) is 69.6 cm³/mol. The lowest BCUT2D eigenvalue weighted by Gasteiger charge is -2.42. The number of hydrogen-bond acceptors (Lipinski definition) is 4. The molecule has 0 spiro atoms. The van der Waals surface area contributed by atoms with Crippen molar-refractivity contribution in [2.24, 2.45) is 7.05 Å². The van der Waals surface area contributed by atoms with Crippen LogP contribution >= 0.6 is 0 Å². The molecule has 1 saturated heterocycles. The van der Waals surface area contributed by atoms with Gasteiger partial charge in [-0.2, -0.15) is 0 Å². The Balaban J connectivity index is 2.13. The fourth-order valence-corrected chi connectivity index (χ4v) is 2.74. The first-order valence-electron chi connectivity index (χ1n) is 6.48. The van der Waals surface area contributed by atoms with E-state index in [9.17, 15) is 0 Å². The molecule has 1 aliphatic heterocycles. The van der Waals surface area contributed by atoms with Crippen molar-refractivity contribution < 1.29 is 9.47 Å². The minimum atomic E-state index is -0.140. The highest BCUT2D eigenvalue weighted by Crippen LogP contribution is 2.29. The molecule has 0 radical (unpaired) electrons. The third kappa shape index (κ3) is 2.58. The zero-order valence-corrected chi connectivity index (χ0v) is 11.5.